The zero-order valence-electron chi connectivity index (χ0n) is 25.7. The Bertz CT molecular complexity index is 1970. The Morgan fingerprint density at radius 1 is 1.17 bits per heavy atom. The summed E-state index contributed by atoms with van der Waals surface area (Å²) >= 11 is 2.07. The van der Waals surface area contributed by atoms with E-state index in [-0.39, 0.29) is 40.2 Å². The number of alkyl halides is 3. The number of hydrogen-bond acceptors (Lipinski definition) is 15. The molecule has 52 heavy (non-hydrogen) atoms. The summed E-state index contributed by atoms with van der Waals surface area (Å²) in [6, 6.07) is 3.93. The monoisotopic (exact) mass is 790 g/mol. The molecule has 1 aromatic heterocycles. The number of thioether (sulfide) groups is 2. The van der Waals surface area contributed by atoms with Gasteiger partial charge in [-0.1, -0.05) is 33.6 Å². The first kappa shape index (κ1) is 38.0. The van der Waals surface area contributed by atoms with Gasteiger partial charge < -0.3 is 20.7 Å². The second kappa shape index (κ2) is 16.0. The number of amides is 3. The van der Waals surface area contributed by atoms with Crippen molar-refractivity contribution in [3.63, 3.8) is 0 Å². The highest BCUT2D eigenvalue weighted by Crippen LogP contribution is 2.41. The lowest BCUT2D eigenvalue weighted by molar-refractivity contribution is -0.171. The summed E-state index contributed by atoms with van der Waals surface area (Å²) in [7, 11) is -1.70. The quantitative estimate of drug-likeness (QED) is 0.0469. The Morgan fingerprint density at radius 3 is 2.56 bits per heavy atom. The minimum Gasteiger partial charge on any atom is -0.477 e. The molecule has 0 spiro atoms. The largest absolute Gasteiger partial charge is 0.477 e. The van der Waals surface area contributed by atoms with Crippen LogP contribution in [0, 0.1) is 5.82 Å². The normalized spacial score (nSPS) is 20.2. The molecule has 3 amide bonds. The van der Waals surface area contributed by atoms with Crippen LogP contribution in [-0.2, 0) is 52.7 Å². The fourth-order valence-electron chi connectivity index (χ4n) is 4.53. The van der Waals surface area contributed by atoms with Gasteiger partial charge in [-0.15, -0.1) is 16.9 Å². The number of fused-ring (bicyclic) bond motifs is 1. The summed E-state index contributed by atoms with van der Waals surface area (Å²) in [5.41, 5.74) is -0.350. The van der Waals surface area contributed by atoms with Crippen molar-refractivity contribution in [3.8, 4) is 0 Å². The molecule has 1 fully saturated rings. The number of hydrogen-bond donors (Lipinski definition) is 5. The Balaban J connectivity index is 1.23. The van der Waals surface area contributed by atoms with Crippen LogP contribution in [0.2, 0.25) is 0 Å². The minimum atomic E-state index is -5.26. The summed E-state index contributed by atoms with van der Waals surface area (Å²) in [6.45, 7) is -0.700. The number of tetrazole rings is 1. The van der Waals surface area contributed by atoms with Crippen molar-refractivity contribution in [2.75, 3.05) is 11.5 Å². The van der Waals surface area contributed by atoms with Crippen LogP contribution in [0.5, 0.6) is 0 Å². The van der Waals surface area contributed by atoms with Crippen molar-refractivity contribution < 1.29 is 61.8 Å². The Kier molecular flexibility index (Phi) is 11.7. The molecule has 0 saturated carbocycles. The number of halogens is 4. The van der Waals surface area contributed by atoms with Crippen LogP contribution in [0.25, 0.3) is 0 Å². The molecule has 5 rings (SSSR count). The van der Waals surface area contributed by atoms with Crippen LogP contribution in [0.15, 0.2) is 66.5 Å². The molecule has 2 aromatic rings. The number of carbonyl (C=O) groups excluding carboxylic acids is 3. The number of nitrogens with zero attached hydrogens (tertiary/aromatic N) is 8. The van der Waals surface area contributed by atoms with Gasteiger partial charge in [0.05, 0.1) is 18.7 Å². The van der Waals surface area contributed by atoms with Crippen LogP contribution in [0.1, 0.15) is 12.0 Å². The molecule has 276 valence electrons. The van der Waals surface area contributed by atoms with Crippen molar-refractivity contribution in [2.24, 2.45) is 14.7 Å². The summed E-state index contributed by atoms with van der Waals surface area (Å²) in [4.78, 5) is 71.2. The molecule has 4 heterocycles. The van der Waals surface area contributed by atoms with Crippen molar-refractivity contribution in [1.29, 1.82) is 0 Å². The average Bonchev–Trinajstić information content (AvgIpc) is 3.70. The first-order chi connectivity index (χ1) is 24.7. The number of nitrogens with one attached hydrogen (secondary N) is 2. The molecule has 1 saturated heterocycles. The van der Waals surface area contributed by atoms with Crippen molar-refractivity contribution in [1.82, 2.24) is 35.7 Å². The third kappa shape index (κ3) is 8.80. The molecule has 0 bridgehead atoms. The predicted molar refractivity (Wildman–Crippen MR) is 170 cm³/mol. The van der Waals surface area contributed by atoms with Crippen molar-refractivity contribution in [3.05, 3.63) is 58.0 Å². The van der Waals surface area contributed by atoms with Crippen LogP contribution in [0.3, 0.4) is 0 Å². The van der Waals surface area contributed by atoms with E-state index in [1.165, 1.54) is 17.5 Å². The summed E-state index contributed by atoms with van der Waals surface area (Å²) < 4.78 is 56.8. The van der Waals surface area contributed by atoms with E-state index in [0.717, 1.165) is 45.2 Å². The summed E-state index contributed by atoms with van der Waals surface area (Å²) in [5.74, 6) is -7.30. The average molecular weight is 791 g/mol. The molecule has 26 heteroatoms. The van der Waals surface area contributed by atoms with E-state index in [9.17, 15) is 46.6 Å². The number of aromatic nitrogens is 4. The number of β-lactam (4-membered cyclic amide) rings is 1. The zero-order chi connectivity index (χ0) is 37.7. The van der Waals surface area contributed by atoms with Crippen LogP contribution in [0.4, 0.5) is 17.6 Å². The van der Waals surface area contributed by atoms with Crippen molar-refractivity contribution >= 4 is 74.8 Å². The fraction of sp³-hybridized carbons (Fsp3) is 0.308. The van der Waals surface area contributed by atoms with E-state index < -0.39 is 87.6 Å². The zero-order valence-corrected chi connectivity index (χ0v) is 28.1. The lowest BCUT2D eigenvalue weighted by atomic mass is 10.0. The van der Waals surface area contributed by atoms with Crippen molar-refractivity contribution in [2.45, 2.75) is 42.3 Å². The van der Waals surface area contributed by atoms with E-state index in [1.54, 1.807) is 5.32 Å². The number of carboxylic acid groups (broad SMARTS) is 2. The number of amidine groups is 1. The number of aliphatic carboxylic acids is 2. The Hall–Kier alpha value is -5.21. The van der Waals surface area contributed by atoms with E-state index in [0.29, 0.717) is 5.56 Å². The highest BCUT2D eigenvalue weighted by Gasteiger charge is 2.54. The Labute approximate surface area is 298 Å². The van der Waals surface area contributed by atoms with E-state index >= 15 is 0 Å². The van der Waals surface area contributed by atoms with Gasteiger partial charge in [0.1, 0.15) is 29.5 Å². The second-order valence-corrected chi connectivity index (χ2v) is 13.9. The number of oxime groups is 1. The van der Waals surface area contributed by atoms with Gasteiger partial charge in [0.15, 0.2) is 10.9 Å². The molecule has 3 aliphatic rings. The van der Waals surface area contributed by atoms with Gasteiger partial charge in [-0.05, 0) is 33.7 Å². The minimum absolute atomic E-state index is 0.0405. The maximum atomic E-state index is 13.2. The molecular formula is C26H22F4N10O9S3. The SMILES string of the molecule is O=C(CC1=C/S(=N\OCc2ccc(F)cc2)C(NC(=O)C(F)(F)F)=N1)NC1C(=O)N2C(C(=O)O)=C(CSc3nnnn3C/C(=N/O)C(=O)O)CSC12. The van der Waals surface area contributed by atoms with E-state index in [4.69, 9.17) is 15.2 Å². The first-order valence-corrected chi connectivity index (χ1v) is 17.4. The van der Waals surface area contributed by atoms with Gasteiger partial charge in [-0.25, -0.2) is 28.5 Å². The molecule has 3 atom stereocenters. The number of carboxylic acids is 2. The number of rotatable bonds is 13. The maximum Gasteiger partial charge on any atom is 0.471 e. The fourth-order valence-corrected chi connectivity index (χ4v) is 8.09. The van der Waals surface area contributed by atoms with Crippen LogP contribution < -0.4 is 10.6 Å². The first-order valence-electron chi connectivity index (χ1n) is 14.2. The molecule has 3 aliphatic heterocycles. The lowest BCUT2D eigenvalue weighted by Gasteiger charge is -2.49. The van der Waals surface area contributed by atoms with Crippen LogP contribution >= 0.6 is 23.5 Å². The van der Waals surface area contributed by atoms with Gasteiger partial charge in [0.25, 0.3) is 5.91 Å². The van der Waals surface area contributed by atoms with Crippen LogP contribution in [-0.4, -0.2) is 110 Å². The highest BCUT2D eigenvalue weighted by molar-refractivity contribution is 8.05. The number of aliphatic imine (C=N–C) groups is 1. The Morgan fingerprint density at radius 2 is 1.90 bits per heavy atom. The third-order valence-electron chi connectivity index (χ3n) is 6.90. The van der Waals surface area contributed by atoms with Gasteiger partial charge in [0, 0.05) is 27.6 Å². The molecule has 1 aromatic carbocycles. The van der Waals surface area contributed by atoms with Gasteiger partial charge in [-0.3, -0.25) is 24.6 Å². The topological polar surface area (TPSA) is 263 Å². The maximum absolute atomic E-state index is 13.2. The lowest BCUT2D eigenvalue weighted by Crippen LogP contribution is -2.70. The van der Waals surface area contributed by atoms with Gasteiger partial charge in [-0.2, -0.15) is 13.2 Å². The highest BCUT2D eigenvalue weighted by atomic mass is 32.2. The molecule has 5 N–H and O–H groups in total. The van der Waals surface area contributed by atoms with E-state index in [2.05, 4.69) is 35.5 Å². The number of carbonyl (C=O) groups is 5. The molecule has 0 aliphatic carbocycles. The van der Waals surface area contributed by atoms with Gasteiger partial charge in [0.2, 0.25) is 11.1 Å². The predicted octanol–water partition coefficient (Wildman–Crippen LogP) is 0.771. The molecular weight excluding hydrogens is 769 g/mol. The third-order valence-corrected chi connectivity index (χ3v) is 10.6. The van der Waals surface area contributed by atoms with Gasteiger partial charge >= 0.3 is 24.0 Å². The second-order valence-electron chi connectivity index (χ2n) is 10.4. The van der Waals surface area contributed by atoms with E-state index in [1.807, 2.05) is 0 Å². The molecule has 3 unspecified atom stereocenters. The standard InChI is InChI=1S/C26H22F4N10O9S3/c27-13-3-1-11(2-4-13)7-49-38-52-10-14(31-24(52)33-23(47)26(28,29)30)5-16(41)32-17-19(42)40-18(22(45)46)12(8-50-20(17)40)9-51-25-34-36-37-39(25)6-15(35-48)21(43)44/h1-4,10,17,20,48H,5-9H2,(H,32,41)(H,43,44)(H,45,46)(H,31,33,47)/b35-15-. The molecule has 0 radical (unpaired) electrons. The summed E-state index contributed by atoms with van der Waals surface area (Å²) in [6.07, 6.45) is -5.83. The summed E-state index contributed by atoms with van der Waals surface area (Å²) in [5, 5.41) is 45.4. The smallest absolute Gasteiger partial charge is 0.471 e. The number of benzene rings is 1. The molecule has 19 nitrogen and oxygen atoms in total.